The van der Waals surface area contributed by atoms with Gasteiger partial charge in [0, 0.05) is 24.3 Å². The Balaban J connectivity index is 1.46. The number of sulfonamides is 2. The van der Waals surface area contributed by atoms with Gasteiger partial charge in [0.2, 0.25) is 20.0 Å². The summed E-state index contributed by atoms with van der Waals surface area (Å²) >= 11 is 0. The van der Waals surface area contributed by atoms with Crippen LogP contribution in [0.2, 0.25) is 0 Å². The molecule has 1 heterocycles. The normalized spacial score (nSPS) is 15.2. The monoisotopic (exact) mass is 481 g/mol. The molecule has 1 saturated heterocycles. The predicted molar refractivity (Wildman–Crippen MR) is 122 cm³/mol. The fourth-order valence-electron chi connectivity index (χ4n) is 3.30. The van der Waals surface area contributed by atoms with Gasteiger partial charge in [-0.25, -0.2) is 16.8 Å². The van der Waals surface area contributed by atoms with E-state index in [1.807, 2.05) is 0 Å². The number of nitrogens with one attached hydrogen (secondary N) is 2. The third kappa shape index (κ3) is 6.68. The van der Waals surface area contributed by atoms with E-state index in [9.17, 15) is 21.6 Å². The van der Waals surface area contributed by atoms with E-state index in [4.69, 9.17) is 4.74 Å². The highest BCUT2D eigenvalue weighted by Crippen LogP contribution is 2.22. The summed E-state index contributed by atoms with van der Waals surface area (Å²) in [5.74, 6) is 0.190. The number of carbonyl (C=O) groups is 1. The Labute approximate surface area is 188 Å². The first kappa shape index (κ1) is 24.0. The molecule has 32 heavy (non-hydrogen) atoms. The zero-order chi connectivity index (χ0) is 23.2. The summed E-state index contributed by atoms with van der Waals surface area (Å²) in [4.78, 5) is 12.4. The summed E-state index contributed by atoms with van der Waals surface area (Å²) in [5, 5.41) is 2.71. The minimum atomic E-state index is -3.48. The lowest BCUT2D eigenvalue weighted by Crippen LogP contribution is -2.35. The van der Waals surface area contributed by atoms with E-state index in [0.29, 0.717) is 30.1 Å². The molecule has 0 saturated carbocycles. The molecule has 0 aliphatic carbocycles. The molecule has 2 N–H and O–H groups in total. The van der Waals surface area contributed by atoms with Crippen LogP contribution in [0.3, 0.4) is 0 Å². The first-order valence-corrected chi connectivity index (χ1v) is 13.6. The van der Waals surface area contributed by atoms with E-state index >= 15 is 0 Å². The number of ether oxygens (including phenoxy) is 1. The summed E-state index contributed by atoms with van der Waals surface area (Å²) in [7, 11) is -6.85. The first-order chi connectivity index (χ1) is 15.1. The average molecular weight is 482 g/mol. The lowest BCUT2D eigenvalue weighted by molar-refractivity contribution is 0.0947. The van der Waals surface area contributed by atoms with E-state index in [-0.39, 0.29) is 24.0 Å². The van der Waals surface area contributed by atoms with Crippen LogP contribution in [0.25, 0.3) is 0 Å². The minimum Gasteiger partial charge on any atom is -0.492 e. The molecule has 0 unspecified atom stereocenters. The molecule has 0 radical (unpaired) electrons. The number of hydrogen-bond acceptors (Lipinski definition) is 6. The Morgan fingerprint density at radius 2 is 1.56 bits per heavy atom. The maximum Gasteiger partial charge on any atom is 0.251 e. The Morgan fingerprint density at radius 1 is 0.938 bits per heavy atom. The third-order valence-electron chi connectivity index (χ3n) is 4.88. The number of nitrogens with zero attached hydrogens (tertiary/aromatic N) is 1. The van der Waals surface area contributed by atoms with Crippen LogP contribution in [0.5, 0.6) is 5.75 Å². The second-order valence-corrected chi connectivity index (χ2v) is 11.2. The predicted octanol–water partition coefficient (Wildman–Crippen LogP) is 2.04. The number of rotatable bonds is 9. The van der Waals surface area contributed by atoms with Crippen molar-refractivity contribution >= 4 is 31.6 Å². The van der Waals surface area contributed by atoms with E-state index in [2.05, 4.69) is 10.0 Å². The van der Waals surface area contributed by atoms with Crippen LogP contribution < -0.4 is 14.8 Å². The second-order valence-electron chi connectivity index (χ2n) is 7.49. The average Bonchev–Trinajstić information content (AvgIpc) is 2.77. The fourth-order valence-corrected chi connectivity index (χ4v) is 5.38. The molecule has 0 bridgehead atoms. The number of anilines is 1. The molecule has 2 aromatic rings. The van der Waals surface area contributed by atoms with E-state index in [1.165, 1.54) is 40.7 Å². The van der Waals surface area contributed by atoms with Crippen molar-refractivity contribution in [3.8, 4) is 5.75 Å². The Kier molecular flexibility index (Phi) is 7.75. The van der Waals surface area contributed by atoms with E-state index in [0.717, 1.165) is 25.5 Å². The number of piperidine rings is 1. The SMILES string of the molecule is CS(=O)(=O)Nc1ccc(C(=O)NCCOc2ccc(S(=O)(=O)N3CCCCC3)cc2)cc1. The van der Waals surface area contributed by atoms with Gasteiger partial charge in [0.05, 0.1) is 17.7 Å². The molecule has 1 fully saturated rings. The van der Waals surface area contributed by atoms with Gasteiger partial charge in [0.15, 0.2) is 0 Å². The van der Waals surface area contributed by atoms with Gasteiger partial charge in [-0.3, -0.25) is 9.52 Å². The molecule has 1 aliphatic rings. The third-order valence-corrected chi connectivity index (χ3v) is 7.40. The largest absolute Gasteiger partial charge is 0.492 e. The highest BCUT2D eigenvalue weighted by molar-refractivity contribution is 7.92. The Bertz CT molecular complexity index is 1130. The Hall–Kier alpha value is -2.63. The highest BCUT2D eigenvalue weighted by Gasteiger charge is 2.25. The summed E-state index contributed by atoms with van der Waals surface area (Å²) in [5.41, 5.74) is 0.759. The van der Waals surface area contributed by atoms with Gasteiger partial charge in [-0.1, -0.05) is 6.42 Å². The van der Waals surface area contributed by atoms with Gasteiger partial charge in [0.25, 0.3) is 5.91 Å². The van der Waals surface area contributed by atoms with Crippen LogP contribution in [0, 0.1) is 0 Å². The maximum atomic E-state index is 12.7. The molecule has 0 atom stereocenters. The molecule has 1 amide bonds. The van der Waals surface area contributed by atoms with Crippen molar-refractivity contribution < 1.29 is 26.4 Å². The Morgan fingerprint density at radius 3 is 2.16 bits per heavy atom. The summed E-state index contributed by atoms with van der Waals surface area (Å²) < 4.78 is 57.2. The summed E-state index contributed by atoms with van der Waals surface area (Å²) in [6.45, 7) is 1.56. The number of carbonyl (C=O) groups excluding carboxylic acids is 1. The lowest BCUT2D eigenvalue weighted by Gasteiger charge is -2.25. The van der Waals surface area contributed by atoms with E-state index in [1.54, 1.807) is 12.1 Å². The van der Waals surface area contributed by atoms with Gasteiger partial charge in [-0.05, 0) is 61.4 Å². The quantitative estimate of drug-likeness (QED) is 0.529. The zero-order valence-electron chi connectivity index (χ0n) is 17.8. The molecule has 11 heteroatoms. The molecular weight excluding hydrogens is 454 g/mol. The van der Waals surface area contributed by atoms with Crippen molar-refractivity contribution in [2.24, 2.45) is 0 Å². The molecule has 0 aromatic heterocycles. The first-order valence-electron chi connectivity index (χ1n) is 10.2. The van der Waals surface area contributed by atoms with Gasteiger partial charge in [-0.2, -0.15) is 4.31 Å². The number of benzene rings is 2. The van der Waals surface area contributed by atoms with Crippen LogP contribution in [0.1, 0.15) is 29.6 Å². The van der Waals surface area contributed by atoms with Gasteiger partial charge >= 0.3 is 0 Å². The lowest BCUT2D eigenvalue weighted by atomic mass is 10.2. The standard InChI is InChI=1S/C21H27N3O6S2/c1-31(26,27)23-18-7-5-17(6-8-18)21(25)22-13-16-30-19-9-11-20(12-10-19)32(28,29)24-14-3-2-4-15-24/h5-12,23H,2-4,13-16H2,1H3,(H,22,25). The maximum absolute atomic E-state index is 12.7. The van der Waals surface area contributed by atoms with Crippen molar-refractivity contribution in [3.05, 3.63) is 54.1 Å². The molecule has 1 aliphatic heterocycles. The van der Waals surface area contributed by atoms with Crippen LogP contribution in [0.15, 0.2) is 53.4 Å². The zero-order valence-corrected chi connectivity index (χ0v) is 19.4. The van der Waals surface area contributed by atoms with E-state index < -0.39 is 20.0 Å². The second kappa shape index (κ2) is 10.3. The summed E-state index contributed by atoms with van der Waals surface area (Å²) in [6, 6.07) is 12.3. The van der Waals surface area contributed by atoms with Crippen LogP contribution in [0.4, 0.5) is 5.69 Å². The van der Waals surface area contributed by atoms with Crippen molar-refractivity contribution in [1.82, 2.24) is 9.62 Å². The number of amides is 1. The molecule has 0 spiro atoms. The summed E-state index contributed by atoms with van der Waals surface area (Å²) in [6.07, 6.45) is 3.87. The van der Waals surface area contributed by atoms with Gasteiger partial charge in [-0.15, -0.1) is 0 Å². The van der Waals surface area contributed by atoms with Crippen molar-refractivity contribution in [1.29, 1.82) is 0 Å². The van der Waals surface area contributed by atoms with Crippen LogP contribution >= 0.6 is 0 Å². The topological polar surface area (TPSA) is 122 Å². The van der Waals surface area contributed by atoms with Crippen LogP contribution in [-0.4, -0.2) is 59.5 Å². The van der Waals surface area contributed by atoms with Crippen molar-refractivity contribution in [3.63, 3.8) is 0 Å². The molecule has 3 rings (SSSR count). The number of hydrogen-bond donors (Lipinski definition) is 2. The van der Waals surface area contributed by atoms with Crippen molar-refractivity contribution in [2.75, 3.05) is 37.2 Å². The fraction of sp³-hybridized carbons (Fsp3) is 0.381. The van der Waals surface area contributed by atoms with Gasteiger partial charge < -0.3 is 10.1 Å². The highest BCUT2D eigenvalue weighted by atomic mass is 32.2. The minimum absolute atomic E-state index is 0.206. The molecule has 174 valence electrons. The van der Waals surface area contributed by atoms with Crippen LogP contribution in [-0.2, 0) is 20.0 Å². The van der Waals surface area contributed by atoms with Gasteiger partial charge in [0.1, 0.15) is 12.4 Å². The van der Waals surface area contributed by atoms with Crippen molar-refractivity contribution in [2.45, 2.75) is 24.2 Å². The smallest absolute Gasteiger partial charge is 0.251 e. The molecule has 9 nitrogen and oxygen atoms in total. The molecule has 2 aromatic carbocycles. The molecular formula is C21H27N3O6S2.